The second kappa shape index (κ2) is 6.01. The molecule has 0 heterocycles. The first-order chi connectivity index (χ1) is 9.91. The molecular formula is C16H15FN2OS. The fraction of sp³-hybridized carbons (Fsp3) is 0.125. The van der Waals surface area contributed by atoms with Gasteiger partial charge in [-0.15, -0.1) is 0 Å². The van der Waals surface area contributed by atoms with Crippen molar-refractivity contribution in [3.63, 3.8) is 0 Å². The van der Waals surface area contributed by atoms with E-state index in [1.54, 1.807) is 50.4 Å². The van der Waals surface area contributed by atoms with E-state index in [9.17, 15) is 9.18 Å². The van der Waals surface area contributed by atoms with E-state index in [2.05, 4.69) is 0 Å². The molecule has 0 saturated carbocycles. The van der Waals surface area contributed by atoms with Crippen molar-refractivity contribution in [1.82, 2.24) is 0 Å². The summed E-state index contributed by atoms with van der Waals surface area (Å²) in [5.41, 5.74) is 7.32. The van der Waals surface area contributed by atoms with Crippen LogP contribution in [-0.2, 0) is 0 Å². The molecule has 3 nitrogen and oxygen atoms in total. The highest BCUT2D eigenvalue weighted by atomic mass is 32.1. The van der Waals surface area contributed by atoms with Crippen LogP contribution in [0.3, 0.4) is 0 Å². The fourth-order valence-electron chi connectivity index (χ4n) is 1.98. The van der Waals surface area contributed by atoms with Crippen LogP contribution in [0.25, 0.3) is 0 Å². The van der Waals surface area contributed by atoms with Gasteiger partial charge in [0, 0.05) is 18.3 Å². The molecule has 0 atom stereocenters. The van der Waals surface area contributed by atoms with Crippen molar-refractivity contribution < 1.29 is 9.18 Å². The van der Waals surface area contributed by atoms with E-state index >= 15 is 0 Å². The van der Waals surface area contributed by atoms with E-state index < -0.39 is 11.7 Å². The number of aryl methyl sites for hydroxylation is 1. The van der Waals surface area contributed by atoms with E-state index in [0.29, 0.717) is 16.8 Å². The number of halogens is 1. The molecule has 0 aliphatic carbocycles. The van der Waals surface area contributed by atoms with Gasteiger partial charge in [-0.05, 0) is 30.7 Å². The Labute approximate surface area is 128 Å². The lowest BCUT2D eigenvalue weighted by atomic mass is 10.1. The average molecular weight is 302 g/mol. The third kappa shape index (κ3) is 3.08. The molecule has 0 fully saturated rings. The fourth-order valence-corrected chi connectivity index (χ4v) is 2.11. The molecule has 0 aliphatic heterocycles. The lowest BCUT2D eigenvalue weighted by molar-refractivity contribution is 0.0989. The van der Waals surface area contributed by atoms with Gasteiger partial charge >= 0.3 is 0 Å². The van der Waals surface area contributed by atoms with Crippen LogP contribution < -0.4 is 10.6 Å². The molecule has 0 bridgehead atoms. The van der Waals surface area contributed by atoms with Gasteiger partial charge in [-0.2, -0.15) is 0 Å². The number of nitrogens with two attached hydrogens (primary N) is 1. The van der Waals surface area contributed by atoms with E-state index in [0.717, 1.165) is 0 Å². The predicted octanol–water partition coefficient (Wildman–Crippen LogP) is 3.04. The Kier molecular flexibility index (Phi) is 4.33. The molecule has 0 saturated heterocycles. The second-order valence-electron chi connectivity index (χ2n) is 4.72. The standard InChI is InChI=1S/C16H15FN2OS/c1-10-5-3-8-13(14(10)17)16(20)19(2)12-7-4-6-11(9-12)15(18)21/h3-9H,1-2H3,(H2,18,21). The first-order valence-corrected chi connectivity index (χ1v) is 6.75. The number of carbonyl (C=O) groups is 1. The molecule has 0 aromatic heterocycles. The first-order valence-electron chi connectivity index (χ1n) is 6.35. The Balaban J connectivity index is 2.37. The highest BCUT2D eigenvalue weighted by Crippen LogP contribution is 2.20. The van der Waals surface area contributed by atoms with Gasteiger partial charge in [0.25, 0.3) is 5.91 Å². The van der Waals surface area contributed by atoms with Crippen molar-refractivity contribution in [3.8, 4) is 0 Å². The molecule has 1 amide bonds. The second-order valence-corrected chi connectivity index (χ2v) is 5.16. The summed E-state index contributed by atoms with van der Waals surface area (Å²) >= 11 is 4.92. The summed E-state index contributed by atoms with van der Waals surface area (Å²) in [6.07, 6.45) is 0. The van der Waals surface area contributed by atoms with Gasteiger partial charge in [-0.25, -0.2) is 4.39 Å². The molecule has 21 heavy (non-hydrogen) atoms. The number of carbonyl (C=O) groups excluding carboxylic acids is 1. The van der Waals surface area contributed by atoms with Gasteiger partial charge in [-0.1, -0.05) is 36.5 Å². The van der Waals surface area contributed by atoms with Crippen LogP contribution >= 0.6 is 12.2 Å². The minimum Gasteiger partial charge on any atom is -0.389 e. The number of amides is 1. The molecule has 0 radical (unpaired) electrons. The van der Waals surface area contributed by atoms with Gasteiger partial charge in [0.05, 0.1) is 5.56 Å². The van der Waals surface area contributed by atoms with E-state index in [4.69, 9.17) is 18.0 Å². The Bertz CT molecular complexity index is 715. The maximum atomic E-state index is 14.0. The third-order valence-corrected chi connectivity index (χ3v) is 3.48. The number of nitrogens with zero attached hydrogens (tertiary/aromatic N) is 1. The number of thiocarbonyl (C=S) groups is 1. The van der Waals surface area contributed by atoms with E-state index in [1.165, 1.54) is 11.0 Å². The summed E-state index contributed by atoms with van der Waals surface area (Å²) in [6, 6.07) is 11.7. The van der Waals surface area contributed by atoms with Crippen molar-refractivity contribution in [2.45, 2.75) is 6.92 Å². The van der Waals surface area contributed by atoms with Crippen LogP contribution in [-0.4, -0.2) is 17.9 Å². The average Bonchev–Trinajstić information content (AvgIpc) is 2.48. The van der Waals surface area contributed by atoms with Crippen LogP contribution in [0.5, 0.6) is 0 Å². The number of rotatable bonds is 3. The molecule has 0 aliphatic rings. The highest BCUT2D eigenvalue weighted by Gasteiger charge is 2.18. The summed E-state index contributed by atoms with van der Waals surface area (Å²) in [4.78, 5) is 14.0. The van der Waals surface area contributed by atoms with E-state index in [-0.39, 0.29) is 10.6 Å². The van der Waals surface area contributed by atoms with Gasteiger partial charge < -0.3 is 10.6 Å². The molecular weight excluding hydrogens is 287 g/mol. The number of benzene rings is 2. The SMILES string of the molecule is Cc1cccc(C(=O)N(C)c2cccc(C(N)=S)c2)c1F. The van der Waals surface area contributed by atoms with Gasteiger partial charge in [0.1, 0.15) is 10.8 Å². The number of hydrogen-bond acceptors (Lipinski definition) is 2. The first kappa shape index (κ1) is 15.1. The van der Waals surface area contributed by atoms with Crippen molar-refractivity contribution >= 4 is 28.8 Å². The van der Waals surface area contributed by atoms with Crippen LogP contribution in [0.1, 0.15) is 21.5 Å². The maximum Gasteiger partial charge on any atom is 0.260 e. The molecule has 5 heteroatoms. The summed E-state index contributed by atoms with van der Waals surface area (Å²) in [7, 11) is 1.59. The molecule has 2 aromatic rings. The highest BCUT2D eigenvalue weighted by molar-refractivity contribution is 7.80. The zero-order valence-electron chi connectivity index (χ0n) is 11.8. The van der Waals surface area contributed by atoms with Gasteiger partial charge in [0.15, 0.2) is 0 Å². The van der Waals surface area contributed by atoms with Crippen molar-refractivity contribution in [2.24, 2.45) is 5.73 Å². The minimum atomic E-state index is -0.500. The number of anilines is 1. The molecule has 0 unspecified atom stereocenters. The quantitative estimate of drug-likeness (QED) is 0.886. The monoisotopic (exact) mass is 302 g/mol. The third-order valence-electron chi connectivity index (χ3n) is 3.24. The van der Waals surface area contributed by atoms with Crippen LogP contribution in [0.4, 0.5) is 10.1 Å². The normalized spacial score (nSPS) is 10.2. The summed E-state index contributed by atoms with van der Waals surface area (Å²) in [5, 5.41) is 0. The van der Waals surface area contributed by atoms with Crippen LogP contribution in [0.2, 0.25) is 0 Å². The topological polar surface area (TPSA) is 46.3 Å². The Hall–Kier alpha value is -2.27. The predicted molar refractivity (Wildman–Crippen MR) is 86.2 cm³/mol. The Morgan fingerprint density at radius 1 is 1.24 bits per heavy atom. The lowest BCUT2D eigenvalue weighted by Crippen LogP contribution is -2.27. The van der Waals surface area contributed by atoms with Crippen molar-refractivity contribution in [1.29, 1.82) is 0 Å². The Morgan fingerprint density at radius 2 is 1.90 bits per heavy atom. The van der Waals surface area contributed by atoms with Crippen LogP contribution in [0, 0.1) is 12.7 Å². The zero-order valence-corrected chi connectivity index (χ0v) is 12.6. The Morgan fingerprint density at radius 3 is 2.57 bits per heavy atom. The van der Waals surface area contributed by atoms with Crippen molar-refractivity contribution in [3.05, 3.63) is 65.0 Å². The van der Waals surface area contributed by atoms with E-state index in [1.807, 2.05) is 0 Å². The lowest BCUT2D eigenvalue weighted by Gasteiger charge is -2.19. The summed E-state index contributed by atoms with van der Waals surface area (Å²) in [5.74, 6) is -0.920. The van der Waals surface area contributed by atoms with Crippen LogP contribution in [0.15, 0.2) is 42.5 Å². The zero-order chi connectivity index (χ0) is 15.6. The smallest absolute Gasteiger partial charge is 0.260 e. The molecule has 2 aromatic carbocycles. The maximum absolute atomic E-state index is 14.0. The van der Waals surface area contributed by atoms with Gasteiger partial charge in [-0.3, -0.25) is 4.79 Å². The summed E-state index contributed by atoms with van der Waals surface area (Å²) < 4.78 is 14.0. The largest absolute Gasteiger partial charge is 0.389 e. The van der Waals surface area contributed by atoms with Gasteiger partial charge in [0.2, 0.25) is 0 Å². The van der Waals surface area contributed by atoms with Crippen molar-refractivity contribution in [2.75, 3.05) is 11.9 Å². The minimum absolute atomic E-state index is 0.0400. The molecule has 2 N–H and O–H groups in total. The summed E-state index contributed by atoms with van der Waals surface area (Å²) in [6.45, 7) is 1.62. The molecule has 2 rings (SSSR count). The number of hydrogen-bond donors (Lipinski definition) is 1. The molecule has 108 valence electrons. The molecule has 0 spiro atoms.